The van der Waals surface area contributed by atoms with Gasteiger partial charge in [-0.3, -0.25) is 9.20 Å². The number of imidazole rings is 1. The van der Waals surface area contributed by atoms with Crippen LogP contribution < -0.4 is 11.3 Å². The van der Waals surface area contributed by atoms with Crippen molar-refractivity contribution in [2.75, 3.05) is 0 Å². The highest BCUT2D eigenvalue weighted by Crippen LogP contribution is 2.30. The van der Waals surface area contributed by atoms with Gasteiger partial charge in [-0.25, -0.2) is 9.97 Å². The summed E-state index contributed by atoms with van der Waals surface area (Å²) >= 11 is 2.94. The fraction of sp³-hybridized carbons (Fsp3) is 0.308. The second-order valence-electron chi connectivity index (χ2n) is 4.89. The van der Waals surface area contributed by atoms with Gasteiger partial charge in [-0.2, -0.15) is 0 Å². The first-order chi connectivity index (χ1) is 10.0. The second-order valence-corrected chi connectivity index (χ2v) is 6.75. The van der Waals surface area contributed by atoms with Crippen molar-refractivity contribution in [2.45, 2.75) is 36.5 Å². The summed E-state index contributed by atoms with van der Waals surface area (Å²) in [6.07, 6.45) is 2.71. The molecule has 0 aliphatic carbocycles. The molecular formula is C13H15N5OS2. The summed E-state index contributed by atoms with van der Waals surface area (Å²) in [4.78, 5) is 24.1. The molecule has 3 N–H and O–H groups in total. The van der Waals surface area contributed by atoms with Crippen LogP contribution in [-0.4, -0.2) is 25.4 Å². The van der Waals surface area contributed by atoms with Gasteiger partial charge >= 0.3 is 0 Å². The summed E-state index contributed by atoms with van der Waals surface area (Å²) in [6, 6.07) is 1.51. The molecule has 0 aliphatic heterocycles. The first kappa shape index (κ1) is 14.3. The lowest BCUT2D eigenvalue weighted by atomic mass is 10.2. The van der Waals surface area contributed by atoms with Gasteiger partial charge in [0.25, 0.3) is 5.56 Å². The third-order valence-electron chi connectivity index (χ3n) is 2.88. The Kier molecular flexibility index (Phi) is 3.83. The van der Waals surface area contributed by atoms with E-state index in [1.54, 1.807) is 18.3 Å². The molecule has 0 bridgehead atoms. The van der Waals surface area contributed by atoms with Gasteiger partial charge in [0.05, 0.1) is 5.69 Å². The van der Waals surface area contributed by atoms with Crippen molar-refractivity contribution in [2.24, 2.45) is 5.73 Å². The van der Waals surface area contributed by atoms with Gasteiger partial charge in [0, 0.05) is 35.8 Å². The van der Waals surface area contributed by atoms with Crippen LogP contribution in [0.1, 0.15) is 18.3 Å². The van der Waals surface area contributed by atoms with Crippen LogP contribution in [0.25, 0.3) is 4.96 Å². The molecule has 0 aromatic carbocycles. The standard InChI is InChI=1S/C13H15N5OS2/c1-7(14)5-9-11(17-13-18(9)3-4-20-13)21-12-15-8(2)6-10(19)16-12/h3-4,6-7H,5,14H2,1-2H3,(H,15,16,19). The van der Waals surface area contributed by atoms with E-state index >= 15 is 0 Å². The topological polar surface area (TPSA) is 89.1 Å². The summed E-state index contributed by atoms with van der Waals surface area (Å²) in [6.45, 7) is 3.76. The number of H-pyrrole nitrogens is 1. The number of nitrogens with two attached hydrogens (primary N) is 1. The van der Waals surface area contributed by atoms with Crippen LogP contribution in [0, 0.1) is 6.92 Å². The number of hydrogen-bond donors (Lipinski definition) is 2. The minimum absolute atomic E-state index is 0.0358. The van der Waals surface area contributed by atoms with Gasteiger partial charge in [-0.1, -0.05) is 0 Å². The van der Waals surface area contributed by atoms with Gasteiger partial charge in [0.15, 0.2) is 10.1 Å². The van der Waals surface area contributed by atoms with Gasteiger partial charge in [0.1, 0.15) is 5.03 Å². The molecule has 0 saturated heterocycles. The minimum Gasteiger partial charge on any atom is -0.328 e. The maximum absolute atomic E-state index is 11.5. The van der Waals surface area contributed by atoms with Crippen molar-refractivity contribution >= 4 is 28.1 Å². The molecule has 3 heterocycles. The summed E-state index contributed by atoms with van der Waals surface area (Å²) < 4.78 is 2.05. The average molecular weight is 321 g/mol. The molecule has 0 saturated carbocycles. The first-order valence-corrected chi connectivity index (χ1v) is 8.18. The molecule has 0 amide bonds. The number of fused-ring (bicyclic) bond motifs is 1. The summed E-state index contributed by atoms with van der Waals surface area (Å²) in [5, 5.41) is 3.39. The molecule has 0 radical (unpaired) electrons. The average Bonchev–Trinajstić information content (AvgIpc) is 2.91. The van der Waals surface area contributed by atoms with Gasteiger partial charge < -0.3 is 10.7 Å². The summed E-state index contributed by atoms with van der Waals surface area (Å²) in [7, 11) is 0. The zero-order valence-corrected chi connectivity index (χ0v) is 13.3. The van der Waals surface area contributed by atoms with E-state index in [0.29, 0.717) is 10.9 Å². The lowest BCUT2D eigenvalue weighted by Gasteiger charge is -2.06. The Morgan fingerprint density at radius 3 is 3.05 bits per heavy atom. The Morgan fingerprint density at radius 2 is 2.33 bits per heavy atom. The SMILES string of the molecule is Cc1cc(=O)[nH]c(Sc2nc3sccn3c2CC(C)N)n1. The highest BCUT2D eigenvalue weighted by Gasteiger charge is 2.16. The monoisotopic (exact) mass is 321 g/mol. The number of aromatic nitrogens is 4. The Bertz CT molecular complexity index is 833. The van der Waals surface area contributed by atoms with Crippen LogP contribution >= 0.6 is 23.1 Å². The van der Waals surface area contributed by atoms with E-state index in [1.165, 1.54) is 17.8 Å². The van der Waals surface area contributed by atoms with Gasteiger partial charge in [0.2, 0.25) is 0 Å². The van der Waals surface area contributed by atoms with Crippen LogP contribution in [0.15, 0.2) is 32.6 Å². The van der Waals surface area contributed by atoms with Gasteiger partial charge in [-0.15, -0.1) is 11.3 Å². The zero-order valence-electron chi connectivity index (χ0n) is 11.7. The molecule has 21 heavy (non-hydrogen) atoms. The molecule has 3 aromatic heterocycles. The second kappa shape index (κ2) is 5.63. The van der Waals surface area contributed by atoms with Crippen molar-refractivity contribution in [1.29, 1.82) is 0 Å². The van der Waals surface area contributed by atoms with Crippen molar-refractivity contribution in [1.82, 2.24) is 19.4 Å². The van der Waals surface area contributed by atoms with Crippen molar-refractivity contribution in [3.05, 3.63) is 39.4 Å². The number of hydrogen-bond acceptors (Lipinski definition) is 6. The summed E-state index contributed by atoms with van der Waals surface area (Å²) in [5.41, 5.74) is 7.52. The third-order valence-corrected chi connectivity index (χ3v) is 4.54. The van der Waals surface area contributed by atoms with E-state index in [4.69, 9.17) is 5.73 Å². The number of thiazole rings is 1. The predicted octanol–water partition coefficient (Wildman–Crippen LogP) is 1.83. The van der Waals surface area contributed by atoms with E-state index in [9.17, 15) is 4.79 Å². The Hall–Kier alpha value is -1.64. The van der Waals surface area contributed by atoms with Crippen LogP contribution in [-0.2, 0) is 6.42 Å². The molecule has 0 spiro atoms. The number of nitrogens with zero attached hydrogens (tertiary/aromatic N) is 3. The summed E-state index contributed by atoms with van der Waals surface area (Å²) in [5.74, 6) is 0. The van der Waals surface area contributed by atoms with Crippen LogP contribution in [0.4, 0.5) is 0 Å². The van der Waals surface area contributed by atoms with Crippen LogP contribution in [0.2, 0.25) is 0 Å². The fourth-order valence-electron chi connectivity index (χ4n) is 2.08. The van der Waals surface area contributed by atoms with Crippen molar-refractivity contribution < 1.29 is 0 Å². The van der Waals surface area contributed by atoms with E-state index in [-0.39, 0.29) is 11.6 Å². The fourth-order valence-corrected chi connectivity index (χ4v) is 3.82. The van der Waals surface area contributed by atoms with E-state index in [0.717, 1.165) is 22.1 Å². The Labute approximate surface area is 129 Å². The highest BCUT2D eigenvalue weighted by atomic mass is 32.2. The minimum atomic E-state index is -0.153. The normalized spacial score (nSPS) is 12.9. The number of aryl methyl sites for hydroxylation is 1. The quantitative estimate of drug-likeness (QED) is 0.716. The Morgan fingerprint density at radius 1 is 1.52 bits per heavy atom. The lowest BCUT2D eigenvalue weighted by Crippen LogP contribution is -2.19. The van der Waals surface area contributed by atoms with E-state index < -0.39 is 0 Å². The molecule has 0 aliphatic rings. The van der Waals surface area contributed by atoms with Crippen molar-refractivity contribution in [3.8, 4) is 0 Å². The predicted molar refractivity (Wildman–Crippen MR) is 84.1 cm³/mol. The molecule has 3 aromatic rings. The first-order valence-electron chi connectivity index (χ1n) is 6.49. The maximum atomic E-state index is 11.5. The van der Waals surface area contributed by atoms with Crippen molar-refractivity contribution in [3.63, 3.8) is 0 Å². The smallest absolute Gasteiger partial charge is 0.251 e. The molecule has 8 heteroatoms. The van der Waals surface area contributed by atoms with Gasteiger partial charge in [-0.05, 0) is 25.6 Å². The number of aromatic amines is 1. The molecular weight excluding hydrogens is 306 g/mol. The molecule has 3 rings (SSSR count). The van der Waals surface area contributed by atoms with Crippen LogP contribution in [0.5, 0.6) is 0 Å². The largest absolute Gasteiger partial charge is 0.328 e. The van der Waals surface area contributed by atoms with E-state index in [1.807, 2.05) is 22.9 Å². The Balaban J connectivity index is 2.02. The lowest BCUT2D eigenvalue weighted by molar-refractivity contribution is 0.705. The third kappa shape index (κ3) is 3.02. The highest BCUT2D eigenvalue weighted by molar-refractivity contribution is 7.99. The molecule has 1 unspecified atom stereocenters. The maximum Gasteiger partial charge on any atom is 0.251 e. The number of nitrogens with one attached hydrogen (secondary N) is 1. The molecule has 0 fully saturated rings. The van der Waals surface area contributed by atoms with E-state index in [2.05, 4.69) is 15.0 Å². The van der Waals surface area contributed by atoms with Crippen LogP contribution in [0.3, 0.4) is 0 Å². The number of rotatable bonds is 4. The molecule has 1 atom stereocenters. The zero-order chi connectivity index (χ0) is 15.0. The molecule has 110 valence electrons. The molecule has 6 nitrogen and oxygen atoms in total.